The van der Waals surface area contributed by atoms with E-state index >= 15 is 0 Å². The lowest BCUT2D eigenvalue weighted by molar-refractivity contribution is -0.112. The molecule has 0 aliphatic rings. The number of H-pyrrole nitrogens is 1. The largest absolute Gasteiger partial charge is 0.360 e. The molecule has 0 atom stereocenters. The van der Waals surface area contributed by atoms with E-state index in [4.69, 9.17) is 11.6 Å². The third-order valence-corrected chi connectivity index (χ3v) is 2.36. The summed E-state index contributed by atoms with van der Waals surface area (Å²) in [6.45, 7) is 0. The number of carbonyl (C=O) groups excluding carboxylic acids is 1. The van der Waals surface area contributed by atoms with E-state index in [9.17, 15) is 4.79 Å². The lowest BCUT2D eigenvalue weighted by Gasteiger charge is -1.89. The van der Waals surface area contributed by atoms with Crippen LogP contribution in [0.5, 0.6) is 0 Å². The number of carbonyl (C=O) groups is 1. The molecule has 0 saturated carbocycles. The molecule has 2 aromatic heterocycles. The van der Waals surface area contributed by atoms with E-state index in [0.717, 1.165) is 16.5 Å². The van der Waals surface area contributed by atoms with Crippen molar-refractivity contribution in [2.45, 2.75) is 0 Å². The molecular weight excluding hydrogens is 212 g/mol. The van der Waals surface area contributed by atoms with Crippen molar-refractivity contribution in [2.24, 2.45) is 0 Å². The Morgan fingerprint density at radius 1 is 1.60 bits per heavy atom. The Bertz CT molecular complexity index is 516. The topological polar surface area (TPSA) is 45.8 Å². The molecule has 1 N–H and O–H groups in total. The van der Waals surface area contributed by atoms with Gasteiger partial charge in [0.15, 0.2) is 5.78 Å². The van der Waals surface area contributed by atoms with E-state index in [1.807, 2.05) is 12.3 Å². The summed E-state index contributed by atoms with van der Waals surface area (Å²) in [6, 6.07) is 1.88. The van der Waals surface area contributed by atoms with Crippen molar-refractivity contribution in [3.63, 3.8) is 0 Å². The van der Waals surface area contributed by atoms with Crippen LogP contribution < -0.4 is 0 Å². The highest BCUT2D eigenvalue weighted by Crippen LogP contribution is 2.17. The Hall–Kier alpha value is -1.61. The van der Waals surface area contributed by atoms with Gasteiger partial charge in [-0.05, 0) is 18.2 Å². The van der Waals surface area contributed by atoms with E-state index in [0.29, 0.717) is 0 Å². The van der Waals surface area contributed by atoms with Crippen molar-refractivity contribution in [1.82, 2.24) is 9.97 Å². The Morgan fingerprint density at radius 2 is 2.47 bits per heavy atom. The van der Waals surface area contributed by atoms with Crippen LogP contribution in [0.4, 0.5) is 0 Å². The maximum Gasteiger partial charge on any atom is 0.170 e. The number of ketones is 1. The third-order valence-electron chi connectivity index (χ3n) is 2.10. The fraction of sp³-hybridized carbons (Fsp3) is 0.0909. The first-order chi connectivity index (χ1) is 7.31. The first-order valence-corrected chi connectivity index (χ1v) is 5.02. The first-order valence-electron chi connectivity index (χ1n) is 4.49. The van der Waals surface area contributed by atoms with Gasteiger partial charge in [-0.3, -0.25) is 9.78 Å². The summed E-state index contributed by atoms with van der Waals surface area (Å²) < 4.78 is 0. The number of nitrogens with one attached hydrogen (secondary N) is 1. The van der Waals surface area contributed by atoms with E-state index < -0.39 is 0 Å². The predicted octanol–water partition coefficient (Wildman–Crippen LogP) is 2.38. The monoisotopic (exact) mass is 220 g/mol. The highest BCUT2D eigenvalue weighted by Gasteiger charge is 2.00. The Kier molecular flexibility index (Phi) is 2.83. The van der Waals surface area contributed by atoms with Crippen LogP contribution in [0, 0.1) is 0 Å². The second-order valence-corrected chi connectivity index (χ2v) is 3.37. The van der Waals surface area contributed by atoms with Crippen molar-refractivity contribution in [2.75, 3.05) is 5.88 Å². The second kappa shape index (κ2) is 4.28. The molecule has 0 aliphatic carbocycles. The molecule has 0 aliphatic heterocycles. The minimum atomic E-state index is -0.102. The van der Waals surface area contributed by atoms with Crippen LogP contribution in [0.25, 0.3) is 17.0 Å². The number of alkyl halides is 1. The summed E-state index contributed by atoms with van der Waals surface area (Å²) in [7, 11) is 0. The standard InChI is InChI=1S/C11H9ClN2O/c12-5-9(15)2-1-8-6-14-11-3-4-13-7-10(8)11/h1-4,6-7,14H,5H2/b2-1+. The quantitative estimate of drug-likeness (QED) is 0.638. The van der Waals surface area contributed by atoms with Gasteiger partial charge in [0.2, 0.25) is 0 Å². The fourth-order valence-corrected chi connectivity index (χ4v) is 1.44. The Labute approximate surface area is 91.8 Å². The van der Waals surface area contributed by atoms with Gasteiger partial charge in [-0.1, -0.05) is 0 Å². The van der Waals surface area contributed by atoms with Crippen molar-refractivity contribution in [3.05, 3.63) is 36.3 Å². The number of aromatic nitrogens is 2. The molecule has 4 heteroatoms. The number of allylic oxidation sites excluding steroid dienone is 1. The molecule has 0 spiro atoms. The average Bonchev–Trinajstić information content (AvgIpc) is 2.69. The van der Waals surface area contributed by atoms with Crippen LogP contribution in [0.1, 0.15) is 5.56 Å². The van der Waals surface area contributed by atoms with E-state index in [2.05, 4.69) is 9.97 Å². The lowest BCUT2D eigenvalue weighted by Crippen LogP contribution is -1.91. The van der Waals surface area contributed by atoms with Crippen LogP contribution >= 0.6 is 11.6 Å². The van der Waals surface area contributed by atoms with Crippen LogP contribution in [-0.4, -0.2) is 21.6 Å². The zero-order valence-corrected chi connectivity index (χ0v) is 8.66. The average molecular weight is 221 g/mol. The molecule has 0 amide bonds. The number of hydrogen-bond donors (Lipinski definition) is 1. The van der Waals surface area contributed by atoms with E-state index in [1.165, 1.54) is 6.08 Å². The zero-order chi connectivity index (χ0) is 10.7. The first kappa shape index (κ1) is 9.93. The SMILES string of the molecule is O=C(/C=C/c1c[nH]c2ccncc12)CCl. The summed E-state index contributed by atoms with van der Waals surface area (Å²) in [5, 5.41) is 0.996. The summed E-state index contributed by atoms with van der Waals surface area (Å²) >= 11 is 5.39. The van der Waals surface area contributed by atoms with E-state index in [1.54, 1.807) is 18.5 Å². The zero-order valence-electron chi connectivity index (χ0n) is 7.90. The van der Waals surface area contributed by atoms with Gasteiger partial charge < -0.3 is 4.98 Å². The number of pyridine rings is 1. The lowest BCUT2D eigenvalue weighted by atomic mass is 10.2. The van der Waals surface area contributed by atoms with Crippen molar-refractivity contribution in [1.29, 1.82) is 0 Å². The molecule has 2 heterocycles. The van der Waals surface area contributed by atoms with Gasteiger partial charge >= 0.3 is 0 Å². The number of nitrogens with zero attached hydrogens (tertiary/aromatic N) is 1. The highest BCUT2D eigenvalue weighted by atomic mass is 35.5. The van der Waals surface area contributed by atoms with Crippen LogP contribution in [0.2, 0.25) is 0 Å². The molecule has 3 nitrogen and oxygen atoms in total. The molecule has 0 saturated heterocycles. The minimum absolute atomic E-state index is 0.0110. The fourth-order valence-electron chi connectivity index (χ4n) is 1.35. The number of aromatic amines is 1. The highest BCUT2D eigenvalue weighted by molar-refractivity contribution is 6.29. The van der Waals surface area contributed by atoms with Crippen molar-refractivity contribution in [3.8, 4) is 0 Å². The minimum Gasteiger partial charge on any atom is -0.360 e. The number of halogens is 1. The van der Waals surface area contributed by atoms with Gasteiger partial charge in [-0.15, -0.1) is 11.6 Å². The maximum absolute atomic E-state index is 11.0. The molecule has 0 unspecified atom stereocenters. The van der Waals surface area contributed by atoms with Gasteiger partial charge in [0, 0.05) is 35.1 Å². The molecule has 76 valence electrons. The van der Waals surface area contributed by atoms with E-state index in [-0.39, 0.29) is 11.7 Å². The number of rotatable bonds is 3. The maximum atomic E-state index is 11.0. The van der Waals surface area contributed by atoms with Crippen LogP contribution in [-0.2, 0) is 4.79 Å². The molecule has 2 rings (SSSR count). The summed E-state index contributed by atoms with van der Waals surface area (Å²) in [4.78, 5) is 18.1. The summed E-state index contributed by atoms with van der Waals surface area (Å²) in [5.41, 5.74) is 1.94. The summed E-state index contributed by atoms with van der Waals surface area (Å²) in [5.74, 6) is -0.0909. The molecule has 0 fully saturated rings. The van der Waals surface area contributed by atoms with Gasteiger partial charge in [0.05, 0.1) is 5.88 Å². The Morgan fingerprint density at radius 3 is 3.27 bits per heavy atom. The molecular formula is C11H9ClN2O. The normalized spacial score (nSPS) is 11.3. The Balaban J connectivity index is 2.36. The van der Waals surface area contributed by atoms with Gasteiger partial charge in [0.25, 0.3) is 0 Å². The van der Waals surface area contributed by atoms with Crippen molar-refractivity contribution < 1.29 is 4.79 Å². The number of fused-ring (bicyclic) bond motifs is 1. The van der Waals surface area contributed by atoms with Gasteiger partial charge in [-0.2, -0.15) is 0 Å². The van der Waals surface area contributed by atoms with Crippen LogP contribution in [0.15, 0.2) is 30.7 Å². The smallest absolute Gasteiger partial charge is 0.170 e. The molecule has 15 heavy (non-hydrogen) atoms. The van der Waals surface area contributed by atoms with Gasteiger partial charge in [0.1, 0.15) is 0 Å². The molecule has 2 aromatic rings. The second-order valence-electron chi connectivity index (χ2n) is 3.10. The summed E-state index contributed by atoms with van der Waals surface area (Å²) in [6.07, 6.45) is 8.53. The molecule has 0 bridgehead atoms. The third kappa shape index (κ3) is 2.07. The van der Waals surface area contributed by atoms with Crippen molar-refractivity contribution >= 4 is 34.4 Å². The van der Waals surface area contributed by atoms with Crippen LogP contribution in [0.3, 0.4) is 0 Å². The van der Waals surface area contributed by atoms with Gasteiger partial charge in [-0.25, -0.2) is 0 Å². The molecule has 0 radical (unpaired) electrons. The predicted molar refractivity (Wildman–Crippen MR) is 60.9 cm³/mol. The number of hydrogen-bond acceptors (Lipinski definition) is 2. The molecule has 0 aromatic carbocycles.